The normalized spacial score (nSPS) is 21.4. The minimum absolute atomic E-state index is 0.289. The Morgan fingerprint density at radius 2 is 1.94 bits per heavy atom. The number of nitrogens with one attached hydrogen (secondary N) is 1. The molecule has 2 atom stereocenters. The average molecular weight is 242 g/mol. The zero-order valence-corrected chi connectivity index (χ0v) is 11.6. The van der Waals surface area contributed by atoms with Crippen molar-refractivity contribution in [3.05, 3.63) is 0 Å². The lowest BCUT2D eigenvalue weighted by Gasteiger charge is -2.31. The summed E-state index contributed by atoms with van der Waals surface area (Å²) in [6.45, 7) is 5.06. The summed E-state index contributed by atoms with van der Waals surface area (Å²) in [6.07, 6.45) is 10.7. The van der Waals surface area contributed by atoms with Gasteiger partial charge in [-0.3, -0.25) is 11.3 Å². The molecule has 0 aliphatic heterocycles. The summed E-state index contributed by atoms with van der Waals surface area (Å²) in [5, 5.41) is 0. The van der Waals surface area contributed by atoms with Gasteiger partial charge in [-0.15, -0.1) is 0 Å². The lowest BCUT2D eigenvalue weighted by Crippen LogP contribution is -2.46. The third-order valence-electron chi connectivity index (χ3n) is 3.93. The van der Waals surface area contributed by atoms with Crippen LogP contribution >= 0.6 is 0 Å². The third-order valence-corrected chi connectivity index (χ3v) is 3.93. The Balaban J connectivity index is 2.42. The molecular formula is C14H30N2O. The molecule has 102 valence electrons. The van der Waals surface area contributed by atoms with Crippen molar-refractivity contribution in [1.82, 2.24) is 5.43 Å². The maximum atomic E-state index is 5.83. The van der Waals surface area contributed by atoms with E-state index in [1.54, 1.807) is 0 Å². The molecule has 0 heterocycles. The molecule has 0 aromatic heterocycles. The molecule has 3 nitrogen and oxygen atoms in total. The first-order valence-corrected chi connectivity index (χ1v) is 7.39. The van der Waals surface area contributed by atoms with E-state index in [1.165, 1.54) is 38.5 Å². The highest BCUT2D eigenvalue weighted by atomic mass is 16.5. The summed E-state index contributed by atoms with van der Waals surface area (Å²) in [4.78, 5) is 0. The Morgan fingerprint density at radius 3 is 2.47 bits per heavy atom. The minimum atomic E-state index is 0.289. The zero-order valence-electron chi connectivity index (χ0n) is 11.6. The molecule has 2 unspecified atom stereocenters. The van der Waals surface area contributed by atoms with Gasteiger partial charge in [0.15, 0.2) is 0 Å². The van der Waals surface area contributed by atoms with Gasteiger partial charge < -0.3 is 4.74 Å². The molecule has 1 aliphatic rings. The van der Waals surface area contributed by atoms with Crippen LogP contribution in [-0.4, -0.2) is 18.8 Å². The fourth-order valence-corrected chi connectivity index (χ4v) is 3.01. The van der Waals surface area contributed by atoms with E-state index in [0.29, 0.717) is 6.04 Å². The molecule has 3 N–H and O–H groups in total. The monoisotopic (exact) mass is 242 g/mol. The molecule has 3 heteroatoms. The van der Waals surface area contributed by atoms with Crippen molar-refractivity contribution in [2.45, 2.75) is 77.4 Å². The molecule has 17 heavy (non-hydrogen) atoms. The summed E-state index contributed by atoms with van der Waals surface area (Å²) in [7, 11) is 0. The van der Waals surface area contributed by atoms with E-state index in [9.17, 15) is 0 Å². The number of hydrogen-bond donors (Lipinski definition) is 2. The van der Waals surface area contributed by atoms with Crippen molar-refractivity contribution >= 4 is 0 Å². The summed E-state index contributed by atoms with van der Waals surface area (Å²) < 4.78 is 5.83. The molecular weight excluding hydrogens is 212 g/mol. The van der Waals surface area contributed by atoms with E-state index in [4.69, 9.17) is 10.6 Å². The summed E-state index contributed by atoms with van der Waals surface area (Å²) in [5.41, 5.74) is 2.99. The van der Waals surface area contributed by atoms with Crippen LogP contribution in [0.15, 0.2) is 0 Å². The van der Waals surface area contributed by atoms with Crippen LogP contribution in [0.1, 0.15) is 65.2 Å². The van der Waals surface area contributed by atoms with Crippen LogP contribution in [0.5, 0.6) is 0 Å². The molecule has 1 fully saturated rings. The summed E-state index contributed by atoms with van der Waals surface area (Å²) in [6, 6.07) is 0.331. The summed E-state index contributed by atoms with van der Waals surface area (Å²) in [5.74, 6) is 6.57. The number of ether oxygens (including phenoxy) is 1. The first kappa shape index (κ1) is 14.9. The van der Waals surface area contributed by atoms with Crippen molar-refractivity contribution in [2.75, 3.05) is 6.61 Å². The van der Waals surface area contributed by atoms with Gasteiger partial charge >= 0.3 is 0 Å². The number of hydrogen-bond acceptors (Lipinski definition) is 3. The van der Waals surface area contributed by atoms with Gasteiger partial charge in [-0.2, -0.15) is 0 Å². The second kappa shape index (κ2) is 8.90. The molecule has 0 radical (unpaired) electrons. The second-order valence-electron chi connectivity index (χ2n) is 5.30. The molecule has 0 saturated heterocycles. The summed E-state index contributed by atoms with van der Waals surface area (Å²) >= 11 is 0. The Hall–Kier alpha value is -0.120. The van der Waals surface area contributed by atoms with Crippen molar-refractivity contribution in [1.29, 1.82) is 0 Å². The standard InChI is InChI=1S/C14H30N2O/c1-3-8-14(17-4-2)13(16-15)11-12-9-6-5-7-10-12/h12-14,16H,3-11,15H2,1-2H3. The smallest absolute Gasteiger partial charge is 0.0741 e. The first-order valence-electron chi connectivity index (χ1n) is 7.39. The molecule has 1 aliphatic carbocycles. The van der Waals surface area contributed by atoms with Crippen LogP contribution in [0.2, 0.25) is 0 Å². The second-order valence-corrected chi connectivity index (χ2v) is 5.30. The molecule has 0 bridgehead atoms. The predicted molar refractivity (Wildman–Crippen MR) is 72.6 cm³/mol. The Labute approximate surface area is 106 Å². The van der Waals surface area contributed by atoms with Crippen LogP contribution in [0.25, 0.3) is 0 Å². The average Bonchev–Trinajstić information content (AvgIpc) is 2.37. The Kier molecular flexibility index (Phi) is 7.82. The zero-order chi connectivity index (χ0) is 12.5. The van der Waals surface area contributed by atoms with E-state index in [1.807, 2.05) is 0 Å². The number of hydrazine groups is 1. The Morgan fingerprint density at radius 1 is 1.24 bits per heavy atom. The van der Waals surface area contributed by atoms with Gasteiger partial charge in [-0.1, -0.05) is 45.4 Å². The molecule has 1 saturated carbocycles. The number of rotatable bonds is 8. The van der Waals surface area contributed by atoms with Crippen LogP contribution in [0, 0.1) is 5.92 Å². The number of nitrogens with two attached hydrogens (primary N) is 1. The third kappa shape index (κ3) is 5.36. The van der Waals surface area contributed by atoms with Gasteiger partial charge in [0, 0.05) is 12.6 Å². The van der Waals surface area contributed by atoms with Gasteiger partial charge in [0.2, 0.25) is 0 Å². The van der Waals surface area contributed by atoms with Crippen molar-refractivity contribution in [2.24, 2.45) is 11.8 Å². The van der Waals surface area contributed by atoms with E-state index in [2.05, 4.69) is 19.3 Å². The molecule has 0 spiro atoms. The first-order chi connectivity index (χ1) is 8.31. The fourth-order valence-electron chi connectivity index (χ4n) is 3.01. The maximum Gasteiger partial charge on any atom is 0.0741 e. The lowest BCUT2D eigenvalue weighted by atomic mass is 9.83. The van der Waals surface area contributed by atoms with Crippen LogP contribution in [0.3, 0.4) is 0 Å². The minimum Gasteiger partial charge on any atom is -0.377 e. The van der Waals surface area contributed by atoms with E-state index in [-0.39, 0.29) is 6.10 Å². The van der Waals surface area contributed by atoms with E-state index >= 15 is 0 Å². The molecule has 0 amide bonds. The van der Waals surface area contributed by atoms with Crippen LogP contribution in [-0.2, 0) is 4.74 Å². The molecule has 1 rings (SSSR count). The topological polar surface area (TPSA) is 47.3 Å². The molecule has 0 aromatic carbocycles. The van der Waals surface area contributed by atoms with Gasteiger partial charge in [0.05, 0.1) is 6.10 Å². The van der Waals surface area contributed by atoms with Crippen molar-refractivity contribution in [3.8, 4) is 0 Å². The van der Waals surface area contributed by atoms with E-state index in [0.717, 1.165) is 25.4 Å². The van der Waals surface area contributed by atoms with Crippen molar-refractivity contribution in [3.63, 3.8) is 0 Å². The molecule has 0 aromatic rings. The van der Waals surface area contributed by atoms with Gasteiger partial charge in [0.25, 0.3) is 0 Å². The highest BCUT2D eigenvalue weighted by Crippen LogP contribution is 2.28. The quantitative estimate of drug-likeness (QED) is 0.508. The maximum absolute atomic E-state index is 5.83. The van der Waals surface area contributed by atoms with Crippen LogP contribution < -0.4 is 11.3 Å². The highest BCUT2D eigenvalue weighted by Gasteiger charge is 2.24. The lowest BCUT2D eigenvalue weighted by molar-refractivity contribution is 0.0199. The SMILES string of the molecule is CCCC(OCC)C(CC1CCCCC1)NN. The van der Waals surface area contributed by atoms with Gasteiger partial charge in [-0.25, -0.2) is 0 Å². The predicted octanol–water partition coefficient (Wildman–Crippen LogP) is 2.99. The fraction of sp³-hybridized carbons (Fsp3) is 1.00. The van der Waals surface area contributed by atoms with Crippen molar-refractivity contribution < 1.29 is 4.74 Å². The Bertz CT molecular complexity index is 175. The van der Waals surface area contributed by atoms with Gasteiger partial charge in [0.1, 0.15) is 0 Å². The van der Waals surface area contributed by atoms with Gasteiger partial charge in [-0.05, 0) is 25.7 Å². The van der Waals surface area contributed by atoms with Crippen LogP contribution in [0.4, 0.5) is 0 Å². The largest absolute Gasteiger partial charge is 0.377 e. The highest BCUT2D eigenvalue weighted by molar-refractivity contribution is 4.79. The van der Waals surface area contributed by atoms with E-state index < -0.39 is 0 Å².